The lowest BCUT2D eigenvalue weighted by molar-refractivity contribution is -0.137. The minimum absolute atomic E-state index is 0.105. The first-order chi connectivity index (χ1) is 13.7. The van der Waals surface area contributed by atoms with Crippen molar-refractivity contribution in [1.82, 2.24) is 9.80 Å². The van der Waals surface area contributed by atoms with Crippen LogP contribution in [0.2, 0.25) is 0 Å². The maximum absolute atomic E-state index is 13.1. The molecule has 6 heteroatoms. The third kappa shape index (κ3) is 3.78. The van der Waals surface area contributed by atoms with Crippen molar-refractivity contribution in [2.45, 2.75) is 32.4 Å². The number of amides is 1. The molecule has 28 heavy (non-hydrogen) atoms. The summed E-state index contributed by atoms with van der Waals surface area (Å²) in [5.74, 6) is 0.239. The smallest absolute Gasteiger partial charge is 0.239 e. The van der Waals surface area contributed by atoms with E-state index in [0.29, 0.717) is 0 Å². The maximum Gasteiger partial charge on any atom is 0.239 e. The van der Waals surface area contributed by atoms with Crippen molar-refractivity contribution in [2.24, 2.45) is 0 Å². The highest BCUT2D eigenvalue weighted by molar-refractivity contribution is 7.10. The van der Waals surface area contributed by atoms with Crippen LogP contribution in [0.3, 0.4) is 0 Å². The van der Waals surface area contributed by atoms with Crippen LogP contribution < -0.4 is 4.90 Å². The summed E-state index contributed by atoms with van der Waals surface area (Å²) in [6, 6.07) is 12.1. The van der Waals surface area contributed by atoms with E-state index < -0.39 is 0 Å². The minimum atomic E-state index is -0.105. The molecule has 0 aliphatic carbocycles. The maximum atomic E-state index is 13.1. The number of fused-ring (bicyclic) bond motifs is 1. The van der Waals surface area contributed by atoms with Gasteiger partial charge in [0.25, 0.3) is 0 Å². The second-order valence-electron chi connectivity index (χ2n) is 7.56. The summed E-state index contributed by atoms with van der Waals surface area (Å²) in [7, 11) is 0. The highest BCUT2D eigenvalue weighted by Gasteiger charge is 2.30. The molecule has 1 fully saturated rings. The molecule has 1 amide bonds. The molecule has 0 spiro atoms. The molecule has 4 rings (SSSR count). The zero-order valence-electron chi connectivity index (χ0n) is 16.3. The van der Waals surface area contributed by atoms with Gasteiger partial charge in [-0.15, -0.1) is 11.3 Å². The lowest BCUT2D eigenvalue weighted by Crippen LogP contribution is -2.49. The van der Waals surface area contributed by atoms with Crippen molar-refractivity contribution in [3.63, 3.8) is 0 Å². The number of nitriles is 1. The zero-order chi connectivity index (χ0) is 19.5. The molecule has 2 aromatic rings. The summed E-state index contributed by atoms with van der Waals surface area (Å²) in [5.41, 5.74) is 3.04. The molecule has 3 heterocycles. The van der Waals surface area contributed by atoms with E-state index in [2.05, 4.69) is 27.3 Å². The van der Waals surface area contributed by atoms with Gasteiger partial charge in [0, 0.05) is 44.1 Å². The number of para-hydroxylation sites is 1. The van der Waals surface area contributed by atoms with E-state index in [1.54, 1.807) is 11.3 Å². The van der Waals surface area contributed by atoms with Crippen LogP contribution >= 0.6 is 11.3 Å². The van der Waals surface area contributed by atoms with Gasteiger partial charge < -0.3 is 9.80 Å². The Hall–Kier alpha value is -2.36. The zero-order valence-corrected chi connectivity index (χ0v) is 17.1. The van der Waals surface area contributed by atoms with Crippen LogP contribution in [0, 0.1) is 11.3 Å². The van der Waals surface area contributed by atoms with Crippen LogP contribution in [0.4, 0.5) is 5.69 Å². The number of rotatable bonds is 3. The fourth-order valence-electron chi connectivity index (χ4n) is 4.27. The quantitative estimate of drug-likeness (QED) is 0.803. The molecule has 0 saturated carbocycles. The van der Waals surface area contributed by atoms with Gasteiger partial charge in [0.1, 0.15) is 6.07 Å². The molecule has 5 nitrogen and oxygen atoms in total. The third-order valence-electron chi connectivity index (χ3n) is 5.92. The van der Waals surface area contributed by atoms with Gasteiger partial charge in [0.2, 0.25) is 5.91 Å². The van der Waals surface area contributed by atoms with Gasteiger partial charge in [0.05, 0.1) is 17.3 Å². The van der Waals surface area contributed by atoms with Gasteiger partial charge >= 0.3 is 0 Å². The number of benzene rings is 1. The fraction of sp³-hybridized carbons (Fsp3) is 0.455. The number of nitrogens with zero attached hydrogens (tertiary/aromatic N) is 4. The van der Waals surface area contributed by atoms with Crippen molar-refractivity contribution < 1.29 is 4.79 Å². The summed E-state index contributed by atoms with van der Waals surface area (Å²) in [5, 5.41) is 11.5. The minimum Gasteiger partial charge on any atom is -0.369 e. The topological polar surface area (TPSA) is 50.6 Å². The van der Waals surface area contributed by atoms with Crippen molar-refractivity contribution in [2.75, 3.05) is 37.6 Å². The van der Waals surface area contributed by atoms with E-state index in [-0.39, 0.29) is 11.9 Å². The van der Waals surface area contributed by atoms with E-state index in [1.807, 2.05) is 36.1 Å². The Balaban J connectivity index is 1.40. The van der Waals surface area contributed by atoms with Crippen molar-refractivity contribution in [3.05, 3.63) is 51.7 Å². The van der Waals surface area contributed by atoms with E-state index >= 15 is 0 Å². The Morgan fingerprint density at radius 1 is 1.14 bits per heavy atom. The molecule has 2 aliphatic heterocycles. The van der Waals surface area contributed by atoms with Gasteiger partial charge in [-0.1, -0.05) is 12.1 Å². The largest absolute Gasteiger partial charge is 0.369 e. The first-order valence-corrected chi connectivity index (χ1v) is 10.9. The SMILES string of the molecule is C[C@H](C(=O)N1CCc2sccc2C1)N1CCCN(c2ccccc2C#N)CC1. The number of thiophene rings is 1. The molecule has 1 atom stereocenters. The summed E-state index contributed by atoms with van der Waals surface area (Å²) < 4.78 is 0. The predicted molar refractivity (Wildman–Crippen MR) is 112 cm³/mol. The van der Waals surface area contributed by atoms with Gasteiger partial charge in [-0.25, -0.2) is 0 Å². The van der Waals surface area contributed by atoms with Crippen LogP contribution in [-0.2, 0) is 17.8 Å². The van der Waals surface area contributed by atoms with Gasteiger partial charge in [-0.3, -0.25) is 9.69 Å². The molecule has 1 saturated heterocycles. The third-order valence-corrected chi connectivity index (χ3v) is 6.94. The van der Waals surface area contributed by atoms with Crippen LogP contribution in [0.5, 0.6) is 0 Å². The predicted octanol–water partition coefficient (Wildman–Crippen LogP) is 3.11. The van der Waals surface area contributed by atoms with E-state index in [1.165, 1.54) is 10.4 Å². The number of anilines is 1. The Labute approximate surface area is 170 Å². The summed E-state index contributed by atoms with van der Waals surface area (Å²) in [6.07, 6.45) is 1.97. The Morgan fingerprint density at radius 2 is 2.00 bits per heavy atom. The lowest BCUT2D eigenvalue weighted by atomic mass is 10.1. The van der Waals surface area contributed by atoms with Gasteiger partial charge in [0.15, 0.2) is 0 Å². The summed E-state index contributed by atoms with van der Waals surface area (Å²) in [4.78, 5) is 21.2. The summed E-state index contributed by atoms with van der Waals surface area (Å²) in [6.45, 7) is 7.12. The molecule has 1 aromatic carbocycles. The molecule has 0 bridgehead atoms. The van der Waals surface area contributed by atoms with Gasteiger partial charge in [-0.2, -0.15) is 5.26 Å². The molecule has 1 aromatic heterocycles. The average Bonchev–Trinajstić information content (AvgIpc) is 3.07. The second kappa shape index (κ2) is 8.34. The van der Waals surface area contributed by atoms with Crippen molar-refractivity contribution >= 4 is 22.9 Å². The van der Waals surface area contributed by atoms with Crippen molar-refractivity contribution in [1.29, 1.82) is 5.26 Å². The molecule has 0 radical (unpaired) electrons. The number of hydrogen-bond donors (Lipinski definition) is 0. The first-order valence-electron chi connectivity index (χ1n) is 9.99. The highest BCUT2D eigenvalue weighted by Crippen LogP contribution is 2.25. The standard InChI is InChI=1S/C22H26N4OS/c1-17(22(27)26-11-7-21-19(16-26)8-14-28-21)24-9-4-10-25(13-12-24)20-6-3-2-5-18(20)15-23/h2-3,5-6,8,14,17H,4,7,9-13,16H2,1H3/t17-/m1/s1. The van der Waals surface area contributed by atoms with Crippen molar-refractivity contribution in [3.8, 4) is 6.07 Å². The van der Waals surface area contributed by atoms with Crippen LogP contribution in [0.25, 0.3) is 0 Å². The van der Waals surface area contributed by atoms with E-state index in [9.17, 15) is 10.1 Å². The molecule has 2 aliphatic rings. The average molecular weight is 395 g/mol. The monoisotopic (exact) mass is 394 g/mol. The molecular formula is C22H26N4OS. The Morgan fingerprint density at radius 3 is 2.86 bits per heavy atom. The van der Waals surface area contributed by atoms with Crippen LogP contribution in [0.15, 0.2) is 35.7 Å². The highest BCUT2D eigenvalue weighted by atomic mass is 32.1. The number of carbonyl (C=O) groups is 1. The molecular weight excluding hydrogens is 368 g/mol. The fourth-order valence-corrected chi connectivity index (χ4v) is 5.16. The Kier molecular flexibility index (Phi) is 5.65. The van der Waals surface area contributed by atoms with E-state index in [0.717, 1.165) is 63.4 Å². The second-order valence-corrected chi connectivity index (χ2v) is 8.56. The number of hydrogen-bond acceptors (Lipinski definition) is 5. The van der Waals surface area contributed by atoms with Gasteiger partial charge in [-0.05, 0) is 48.9 Å². The molecule has 0 unspecified atom stereocenters. The molecule has 0 N–H and O–H groups in total. The normalized spacial score (nSPS) is 18.9. The number of carbonyl (C=O) groups excluding carboxylic acids is 1. The first kappa shape index (κ1) is 19.0. The van der Waals surface area contributed by atoms with Crippen LogP contribution in [0.1, 0.15) is 29.3 Å². The Bertz CT molecular complexity index is 887. The molecule has 146 valence electrons. The summed E-state index contributed by atoms with van der Waals surface area (Å²) >= 11 is 1.80. The van der Waals surface area contributed by atoms with E-state index in [4.69, 9.17) is 0 Å². The lowest BCUT2D eigenvalue weighted by Gasteiger charge is -2.34. The van der Waals surface area contributed by atoms with Crippen LogP contribution in [-0.4, -0.2) is 54.5 Å².